The van der Waals surface area contributed by atoms with Gasteiger partial charge in [0.1, 0.15) is 0 Å². The molecule has 3 nitrogen and oxygen atoms in total. The fraction of sp³-hybridized carbons (Fsp3) is 0. The minimum Gasteiger partial charge on any atom is -0.278 e. The van der Waals surface area contributed by atoms with E-state index in [2.05, 4.69) is 16.8 Å². The monoisotopic (exact) mass is 331 g/mol. The predicted octanol–water partition coefficient (Wildman–Crippen LogP) is 5.59. The molecule has 0 atom stereocenters. The van der Waals surface area contributed by atoms with Crippen LogP contribution in [0.15, 0.2) is 67.4 Å². The minimum absolute atomic E-state index is 0.697. The van der Waals surface area contributed by atoms with Crippen molar-refractivity contribution >= 4 is 28.6 Å². The number of fused-ring (bicyclic) bond motifs is 1. The highest BCUT2D eigenvalue weighted by Crippen LogP contribution is 2.30. The van der Waals surface area contributed by atoms with E-state index in [-0.39, 0.29) is 0 Å². The van der Waals surface area contributed by atoms with Crippen molar-refractivity contribution in [3.63, 3.8) is 0 Å². The van der Waals surface area contributed by atoms with E-state index in [1.165, 1.54) is 0 Å². The van der Waals surface area contributed by atoms with Crippen LogP contribution in [0.25, 0.3) is 39.5 Å². The van der Waals surface area contributed by atoms with Crippen LogP contribution in [-0.4, -0.2) is 15.2 Å². The molecule has 0 unspecified atom stereocenters. The lowest BCUT2D eigenvalue weighted by Gasteiger charge is -2.07. The van der Waals surface area contributed by atoms with E-state index in [1.807, 2.05) is 54.6 Å². The van der Waals surface area contributed by atoms with E-state index in [0.29, 0.717) is 5.02 Å². The number of pyridine rings is 1. The number of hydrogen-bond acceptors (Lipinski definition) is 2. The minimum atomic E-state index is 0.697. The van der Waals surface area contributed by atoms with Crippen molar-refractivity contribution in [1.29, 1.82) is 0 Å². The molecule has 0 saturated carbocycles. The maximum absolute atomic E-state index is 6.44. The van der Waals surface area contributed by atoms with Crippen molar-refractivity contribution in [3.05, 3.63) is 78.0 Å². The number of H-pyrrole nitrogens is 1. The van der Waals surface area contributed by atoms with Gasteiger partial charge in [-0.3, -0.25) is 5.10 Å². The maximum atomic E-state index is 6.44. The fourth-order valence-electron chi connectivity index (χ4n) is 2.72. The molecule has 24 heavy (non-hydrogen) atoms. The van der Waals surface area contributed by atoms with Crippen molar-refractivity contribution in [3.8, 4) is 22.5 Å². The summed E-state index contributed by atoms with van der Waals surface area (Å²) in [5.74, 6) is 0. The number of rotatable bonds is 3. The van der Waals surface area contributed by atoms with Crippen LogP contribution in [0, 0.1) is 0 Å². The van der Waals surface area contributed by atoms with E-state index >= 15 is 0 Å². The normalized spacial score (nSPS) is 10.9. The Labute approximate surface area is 144 Å². The third-order valence-electron chi connectivity index (χ3n) is 4.01. The Balaban J connectivity index is 1.79. The van der Waals surface area contributed by atoms with Gasteiger partial charge in [-0.1, -0.05) is 60.7 Å². The van der Waals surface area contributed by atoms with Gasteiger partial charge in [-0.15, -0.1) is 0 Å². The molecule has 1 N–H and O–H groups in total. The Morgan fingerprint density at radius 1 is 0.958 bits per heavy atom. The fourth-order valence-corrected chi connectivity index (χ4v) is 2.98. The van der Waals surface area contributed by atoms with Gasteiger partial charge in [-0.25, -0.2) is 4.98 Å². The van der Waals surface area contributed by atoms with Gasteiger partial charge in [0.25, 0.3) is 0 Å². The Morgan fingerprint density at radius 2 is 1.75 bits per heavy atom. The van der Waals surface area contributed by atoms with E-state index in [0.717, 1.165) is 39.0 Å². The van der Waals surface area contributed by atoms with Crippen LogP contribution in [-0.2, 0) is 0 Å². The lowest BCUT2D eigenvalue weighted by atomic mass is 10.0. The highest BCUT2D eigenvalue weighted by Gasteiger charge is 2.07. The van der Waals surface area contributed by atoms with Gasteiger partial charge >= 0.3 is 0 Å². The SMILES string of the molecule is C=Cc1ccc2c(Cl)cc(-c3ccc(-c4ccn[nH]4)cc3)nc2c1. The number of aromatic amines is 1. The van der Waals surface area contributed by atoms with Crippen LogP contribution in [0.1, 0.15) is 5.56 Å². The van der Waals surface area contributed by atoms with Crippen molar-refractivity contribution in [2.24, 2.45) is 0 Å². The van der Waals surface area contributed by atoms with Crippen molar-refractivity contribution in [2.75, 3.05) is 0 Å². The van der Waals surface area contributed by atoms with Crippen LogP contribution < -0.4 is 0 Å². The zero-order valence-electron chi connectivity index (χ0n) is 12.8. The maximum Gasteiger partial charge on any atom is 0.0730 e. The molecule has 0 aliphatic rings. The molecule has 0 aliphatic carbocycles. The lowest BCUT2D eigenvalue weighted by molar-refractivity contribution is 1.10. The molecule has 0 amide bonds. The summed E-state index contributed by atoms with van der Waals surface area (Å²) in [4.78, 5) is 4.75. The number of benzene rings is 2. The average molecular weight is 332 g/mol. The summed E-state index contributed by atoms with van der Waals surface area (Å²) in [7, 11) is 0. The second kappa shape index (κ2) is 5.95. The summed E-state index contributed by atoms with van der Waals surface area (Å²) in [5, 5.41) is 8.58. The first-order valence-corrected chi connectivity index (χ1v) is 7.95. The molecule has 4 rings (SSSR count). The molecular weight excluding hydrogens is 318 g/mol. The first kappa shape index (κ1) is 14.7. The van der Waals surface area contributed by atoms with E-state index < -0.39 is 0 Å². The van der Waals surface area contributed by atoms with E-state index in [4.69, 9.17) is 16.6 Å². The third-order valence-corrected chi connectivity index (χ3v) is 4.32. The molecule has 0 saturated heterocycles. The standard InChI is InChI=1S/C20H14ClN3/c1-2-13-3-8-16-17(21)12-19(23-20(16)11-13)15-6-4-14(5-7-15)18-9-10-22-24-18/h2-12H,1H2,(H,22,24). The van der Waals surface area contributed by atoms with Gasteiger partial charge in [0.15, 0.2) is 0 Å². The molecule has 2 aromatic heterocycles. The Morgan fingerprint density at radius 3 is 2.46 bits per heavy atom. The van der Waals surface area contributed by atoms with Crippen LogP contribution in [0.2, 0.25) is 5.02 Å². The van der Waals surface area contributed by atoms with Gasteiger partial charge in [-0.2, -0.15) is 5.10 Å². The number of hydrogen-bond donors (Lipinski definition) is 1. The molecule has 0 fully saturated rings. The topological polar surface area (TPSA) is 41.6 Å². The van der Waals surface area contributed by atoms with E-state index in [1.54, 1.807) is 12.3 Å². The van der Waals surface area contributed by atoms with Crippen LogP contribution in [0.3, 0.4) is 0 Å². The highest BCUT2D eigenvalue weighted by molar-refractivity contribution is 6.35. The van der Waals surface area contributed by atoms with Gasteiger partial charge in [0.05, 0.1) is 21.9 Å². The van der Waals surface area contributed by atoms with Gasteiger partial charge in [-0.05, 0) is 29.3 Å². The van der Waals surface area contributed by atoms with Crippen molar-refractivity contribution < 1.29 is 0 Å². The number of halogens is 1. The van der Waals surface area contributed by atoms with E-state index in [9.17, 15) is 0 Å². The quantitative estimate of drug-likeness (QED) is 0.531. The first-order chi connectivity index (χ1) is 11.7. The first-order valence-electron chi connectivity index (χ1n) is 7.57. The second-order valence-electron chi connectivity index (χ2n) is 5.52. The van der Waals surface area contributed by atoms with Crippen molar-refractivity contribution in [2.45, 2.75) is 0 Å². The summed E-state index contributed by atoms with van der Waals surface area (Å²) in [6, 6.07) is 18.0. The van der Waals surface area contributed by atoms with Gasteiger partial charge in [0, 0.05) is 17.1 Å². The molecule has 0 aliphatic heterocycles. The summed E-state index contributed by atoms with van der Waals surface area (Å²) in [5.41, 5.74) is 5.83. The molecule has 2 heterocycles. The Bertz CT molecular complexity index is 1020. The van der Waals surface area contributed by atoms with Crippen LogP contribution in [0.4, 0.5) is 0 Å². The van der Waals surface area contributed by atoms with Gasteiger partial charge in [0.2, 0.25) is 0 Å². The third kappa shape index (κ3) is 2.59. The highest BCUT2D eigenvalue weighted by atomic mass is 35.5. The number of nitrogens with zero attached hydrogens (tertiary/aromatic N) is 2. The summed E-state index contributed by atoms with van der Waals surface area (Å²) in [6.45, 7) is 3.81. The molecular formula is C20H14ClN3. The molecule has 0 spiro atoms. The zero-order chi connectivity index (χ0) is 16.5. The molecule has 116 valence electrons. The molecule has 4 heteroatoms. The smallest absolute Gasteiger partial charge is 0.0730 e. The summed E-state index contributed by atoms with van der Waals surface area (Å²) >= 11 is 6.44. The lowest BCUT2D eigenvalue weighted by Crippen LogP contribution is -1.88. The number of aromatic nitrogens is 3. The van der Waals surface area contributed by atoms with Crippen LogP contribution >= 0.6 is 11.6 Å². The summed E-state index contributed by atoms with van der Waals surface area (Å²) < 4.78 is 0. The second-order valence-corrected chi connectivity index (χ2v) is 5.92. The zero-order valence-corrected chi connectivity index (χ0v) is 13.6. The Hall–Kier alpha value is -2.91. The number of nitrogens with one attached hydrogen (secondary N) is 1. The van der Waals surface area contributed by atoms with Crippen LogP contribution in [0.5, 0.6) is 0 Å². The Kier molecular flexibility index (Phi) is 3.63. The molecule has 0 bridgehead atoms. The van der Waals surface area contributed by atoms with Crippen molar-refractivity contribution in [1.82, 2.24) is 15.2 Å². The average Bonchev–Trinajstić information content (AvgIpc) is 3.16. The van der Waals surface area contributed by atoms with Gasteiger partial charge < -0.3 is 0 Å². The molecule has 0 radical (unpaired) electrons. The molecule has 4 aromatic rings. The summed E-state index contributed by atoms with van der Waals surface area (Å²) in [6.07, 6.45) is 3.55. The largest absolute Gasteiger partial charge is 0.278 e. The predicted molar refractivity (Wildman–Crippen MR) is 99.9 cm³/mol. The molecule has 2 aromatic carbocycles.